The highest BCUT2D eigenvalue weighted by atomic mass is 79.9. The smallest absolute Gasteiger partial charge is 0.118 e. The molecule has 2 aromatic heterocycles. The minimum Gasteiger partial charge on any atom is -0.316 e. The predicted molar refractivity (Wildman–Crippen MR) is 92.4 cm³/mol. The molecule has 0 saturated heterocycles. The molecular formula is C15H15BrClN3S. The van der Waals surface area contributed by atoms with E-state index in [1.165, 1.54) is 0 Å². The molecule has 0 radical (unpaired) electrons. The van der Waals surface area contributed by atoms with Crippen LogP contribution in [0.1, 0.15) is 24.7 Å². The van der Waals surface area contributed by atoms with Crippen LogP contribution in [-0.2, 0) is 12.0 Å². The first kappa shape index (κ1) is 15.0. The number of fused-ring (bicyclic) bond motifs is 1. The number of hydrogen-bond acceptors (Lipinski definition) is 3. The Morgan fingerprint density at radius 1 is 1.38 bits per heavy atom. The first-order valence-corrected chi connectivity index (χ1v) is 8.88. The lowest BCUT2D eigenvalue weighted by molar-refractivity contribution is 0.431. The lowest BCUT2D eigenvalue weighted by atomic mass is 10.1. The molecule has 3 aromatic rings. The van der Waals surface area contributed by atoms with Gasteiger partial charge in [0.1, 0.15) is 10.8 Å². The molecule has 1 aromatic carbocycles. The molecule has 0 spiro atoms. The van der Waals surface area contributed by atoms with Gasteiger partial charge < -0.3 is 4.57 Å². The highest BCUT2D eigenvalue weighted by Crippen LogP contribution is 2.33. The van der Waals surface area contributed by atoms with Crippen LogP contribution < -0.4 is 0 Å². The van der Waals surface area contributed by atoms with E-state index < -0.39 is 0 Å². The van der Waals surface area contributed by atoms with E-state index in [0.29, 0.717) is 5.88 Å². The number of rotatable bonds is 4. The van der Waals surface area contributed by atoms with Gasteiger partial charge in [-0.1, -0.05) is 15.9 Å². The van der Waals surface area contributed by atoms with Crippen LogP contribution in [0.4, 0.5) is 0 Å². The minimum absolute atomic E-state index is 0.252. The Morgan fingerprint density at radius 3 is 2.86 bits per heavy atom. The summed E-state index contributed by atoms with van der Waals surface area (Å²) in [5, 5.41) is 3.08. The number of thiazole rings is 1. The second-order valence-electron chi connectivity index (χ2n) is 5.33. The molecule has 0 aliphatic carbocycles. The van der Waals surface area contributed by atoms with Crippen LogP contribution in [0.15, 0.2) is 34.2 Å². The molecule has 0 saturated carbocycles. The summed E-state index contributed by atoms with van der Waals surface area (Å²) in [5.74, 6) is 1.55. The number of aromatic nitrogens is 3. The van der Waals surface area contributed by atoms with Gasteiger partial charge in [0.05, 0.1) is 16.6 Å². The molecule has 0 unspecified atom stereocenters. The molecule has 2 heterocycles. The van der Waals surface area contributed by atoms with E-state index in [4.69, 9.17) is 16.6 Å². The van der Waals surface area contributed by atoms with Crippen molar-refractivity contribution in [2.75, 3.05) is 5.88 Å². The lowest BCUT2D eigenvalue weighted by Crippen LogP contribution is -2.29. The molecule has 0 amide bonds. The Hall–Kier alpha value is -0.910. The quantitative estimate of drug-likeness (QED) is 0.604. The summed E-state index contributed by atoms with van der Waals surface area (Å²) in [6, 6.07) is 6.18. The number of aryl methyl sites for hydroxylation is 1. The maximum atomic E-state index is 5.97. The summed E-state index contributed by atoms with van der Waals surface area (Å²) in [6.45, 7) is 4.35. The fourth-order valence-corrected chi connectivity index (χ4v) is 3.87. The van der Waals surface area contributed by atoms with E-state index in [0.717, 1.165) is 32.8 Å². The second kappa shape index (κ2) is 5.71. The fraction of sp³-hybridized carbons (Fsp3) is 0.333. The Labute approximate surface area is 141 Å². The number of hydrogen-bond donors (Lipinski definition) is 0. The van der Waals surface area contributed by atoms with Crippen molar-refractivity contribution < 1.29 is 0 Å². The van der Waals surface area contributed by atoms with E-state index in [-0.39, 0.29) is 5.54 Å². The van der Waals surface area contributed by atoms with Gasteiger partial charge in [-0.15, -0.1) is 22.9 Å². The van der Waals surface area contributed by atoms with Crippen molar-refractivity contribution in [3.05, 3.63) is 45.1 Å². The van der Waals surface area contributed by atoms with Crippen molar-refractivity contribution >= 4 is 49.9 Å². The SMILES string of the molecule is CC(C)(c1nccs1)n1c(CCCl)nc2cc(Br)ccc21. The van der Waals surface area contributed by atoms with E-state index in [1.54, 1.807) is 11.3 Å². The normalized spacial score (nSPS) is 12.2. The standard InChI is InChI=1S/C15H15BrClN3S/c1-15(2,14-18-7-8-21-14)20-12-4-3-10(16)9-11(12)19-13(20)5-6-17/h3-4,7-9H,5-6H2,1-2H3. The summed E-state index contributed by atoms with van der Waals surface area (Å²) in [5.41, 5.74) is 1.84. The molecule has 0 aliphatic heterocycles. The van der Waals surface area contributed by atoms with E-state index >= 15 is 0 Å². The van der Waals surface area contributed by atoms with Crippen molar-refractivity contribution in [3.8, 4) is 0 Å². The number of benzene rings is 1. The van der Waals surface area contributed by atoms with Crippen LogP contribution in [0.2, 0.25) is 0 Å². The van der Waals surface area contributed by atoms with Crippen molar-refractivity contribution in [3.63, 3.8) is 0 Å². The van der Waals surface area contributed by atoms with Crippen LogP contribution in [0, 0.1) is 0 Å². The number of alkyl halides is 1. The van der Waals surface area contributed by atoms with Crippen molar-refractivity contribution in [2.24, 2.45) is 0 Å². The molecule has 21 heavy (non-hydrogen) atoms. The minimum atomic E-state index is -0.252. The van der Waals surface area contributed by atoms with Crippen LogP contribution in [-0.4, -0.2) is 20.4 Å². The van der Waals surface area contributed by atoms with Gasteiger partial charge in [0.2, 0.25) is 0 Å². The van der Waals surface area contributed by atoms with Gasteiger partial charge in [-0.2, -0.15) is 0 Å². The van der Waals surface area contributed by atoms with Crippen molar-refractivity contribution in [1.29, 1.82) is 0 Å². The van der Waals surface area contributed by atoms with Gasteiger partial charge in [0.15, 0.2) is 0 Å². The Bertz CT molecular complexity index is 765. The zero-order chi connectivity index (χ0) is 15.0. The van der Waals surface area contributed by atoms with Gasteiger partial charge in [0.25, 0.3) is 0 Å². The molecule has 3 nitrogen and oxygen atoms in total. The van der Waals surface area contributed by atoms with Crippen molar-refractivity contribution in [1.82, 2.24) is 14.5 Å². The fourth-order valence-electron chi connectivity index (χ4n) is 2.60. The van der Waals surface area contributed by atoms with Crippen molar-refractivity contribution in [2.45, 2.75) is 25.8 Å². The molecule has 110 valence electrons. The molecule has 0 atom stereocenters. The van der Waals surface area contributed by atoms with Crippen LogP contribution in [0.25, 0.3) is 11.0 Å². The van der Waals surface area contributed by atoms with E-state index in [9.17, 15) is 0 Å². The summed E-state index contributed by atoms with van der Waals surface area (Å²) in [4.78, 5) is 9.26. The topological polar surface area (TPSA) is 30.7 Å². The summed E-state index contributed by atoms with van der Waals surface area (Å²) in [7, 11) is 0. The highest BCUT2D eigenvalue weighted by Gasteiger charge is 2.30. The maximum absolute atomic E-state index is 5.97. The largest absolute Gasteiger partial charge is 0.316 e. The molecule has 0 aliphatic rings. The van der Waals surface area contributed by atoms with Gasteiger partial charge in [-0.25, -0.2) is 9.97 Å². The average molecular weight is 385 g/mol. The molecule has 0 N–H and O–H groups in total. The van der Waals surface area contributed by atoms with E-state index in [1.807, 2.05) is 23.7 Å². The number of halogens is 2. The Kier molecular flexibility index (Phi) is 4.08. The molecule has 6 heteroatoms. The average Bonchev–Trinajstić information content (AvgIpc) is 3.05. The van der Waals surface area contributed by atoms with Gasteiger partial charge in [-0.05, 0) is 32.0 Å². The molecule has 3 rings (SSSR count). The Balaban J connectivity index is 2.26. The monoisotopic (exact) mass is 383 g/mol. The third-order valence-electron chi connectivity index (χ3n) is 3.52. The molecule has 0 fully saturated rings. The van der Waals surface area contributed by atoms with Gasteiger partial charge >= 0.3 is 0 Å². The van der Waals surface area contributed by atoms with Crippen LogP contribution in [0.5, 0.6) is 0 Å². The first-order valence-electron chi connectivity index (χ1n) is 6.67. The third kappa shape index (κ3) is 2.62. The molecular weight excluding hydrogens is 370 g/mol. The number of imidazole rings is 1. The zero-order valence-corrected chi connectivity index (χ0v) is 15.0. The zero-order valence-electron chi connectivity index (χ0n) is 11.8. The summed E-state index contributed by atoms with van der Waals surface area (Å²) >= 11 is 11.1. The third-order valence-corrected chi connectivity index (χ3v) is 5.29. The number of nitrogens with zero attached hydrogens (tertiary/aromatic N) is 3. The maximum Gasteiger partial charge on any atom is 0.118 e. The first-order chi connectivity index (χ1) is 10.0. The van der Waals surface area contributed by atoms with Gasteiger partial charge in [0, 0.05) is 28.4 Å². The predicted octanol–water partition coefficient (Wildman–Crippen LogP) is 4.82. The second-order valence-corrected chi connectivity index (χ2v) is 7.52. The summed E-state index contributed by atoms with van der Waals surface area (Å²) in [6.07, 6.45) is 2.58. The Morgan fingerprint density at radius 2 is 2.19 bits per heavy atom. The van der Waals surface area contributed by atoms with E-state index in [2.05, 4.69) is 45.4 Å². The van der Waals surface area contributed by atoms with Crippen LogP contribution in [0.3, 0.4) is 0 Å². The highest BCUT2D eigenvalue weighted by molar-refractivity contribution is 9.10. The lowest BCUT2D eigenvalue weighted by Gasteiger charge is -2.27. The summed E-state index contributed by atoms with van der Waals surface area (Å²) < 4.78 is 3.29. The van der Waals surface area contributed by atoms with Crippen LogP contribution >= 0.6 is 38.9 Å². The molecule has 0 bridgehead atoms. The van der Waals surface area contributed by atoms with Gasteiger partial charge in [-0.3, -0.25) is 0 Å².